The summed E-state index contributed by atoms with van der Waals surface area (Å²) in [5.74, 6) is 0.0999. The Morgan fingerprint density at radius 1 is 0.886 bits per heavy atom. The van der Waals surface area contributed by atoms with Gasteiger partial charge in [0.25, 0.3) is 8.32 Å². The van der Waals surface area contributed by atoms with Crippen molar-refractivity contribution in [2.45, 2.75) is 57.6 Å². The molecule has 1 saturated carbocycles. The Morgan fingerprint density at radius 2 is 1.49 bits per heavy atom. The van der Waals surface area contributed by atoms with Gasteiger partial charge in [-0.1, -0.05) is 81.4 Å². The summed E-state index contributed by atoms with van der Waals surface area (Å²) >= 11 is 0. The molecule has 2 aromatic carbocycles. The Morgan fingerprint density at radius 3 is 2.06 bits per heavy atom. The lowest BCUT2D eigenvalue weighted by atomic mass is 9.83. The second-order valence-corrected chi connectivity index (χ2v) is 14.8. The van der Waals surface area contributed by atoms with Crippen molar-refractivity contribution >= 4 is 35.5 Å². The number of ketones is 1. The van der Waals surface area contributed by atoms with Crippen LogP contribution in [0.25, 0.3) is 11.0 Å². The van der Waals surface area contributed by atoms with Crippen LogP contribution in [0.4, 0.5) is 0 Å². The normalized spacial score (nSPS) is 19.1. The van der Waals surface area contributed by atoms with Gasteiger partial charge >= 0.3 is 0 Å². The average molecular weight is 484 g/mol. The Hall–Kier alpha value is -3.09. The molecule has 5 nitrogen and oxygen atoms in total. The number of aromatic amines is 1. The van der Waals surface area contributed by atoms with E-state index < -0.39 is 8.32 Å². The van der Waals surface area contributed by atoms with Gasteiger partial charge in [0.15, 0.2) is 5.78 Å². The molecule has 0 aliphatic heterocycles. The largest absolute Gasteiger partial charge is 0.404 e. The molecule has 1 aliphatic carbocycles. The van der Waals surface area contributed by atoms with Crippen LogP contribution < -0.4 is 10.4 Å². The summed E-state index contributed by atoms with van der Waals surface area (Å²) in [6.45, 7) is 6.93. The lowest BCUT2D eigenvalue weighted by Crippen LogP contribution is -2.67. The van der Waals surface area contributed by atoms with E-state index in [1.807, 2.05) is 12.3 Å². The van der Waals surface area contributed by atoms with E-state index in [2.05, 4.69) is 96.4 Å². The standard InChI is InChI=1S/C29H33N3O2Si/c1-29(2,3)35(23-10-6-4-7-11-23,24-12-8-5-9-13-24)34-22-16-14-21(15-17-22)27(33)26-25-18-19-30-28(25)32-20-31-26/h4-13,18-22H,14-17H2,1-3H3,(H,30,31,32)/t21-,22-. The molecule has 180 valence electrons. The summed E-state index contributed by atoms with van der Waals surface area (Å²) in [6.07, 6.45) is 6.80. The first-order valence-corrected chi connectivity index (χ1v) is 14.4. The zero-order valence-electron chi connectivity index (χ0n) is 20.7. The average Bonchev–Trinajstić information content (AvgIpc) is 3.37. The maximum absolute atomic E-state index is 13.4. The van der Waals surface area contributed by atoms with Crippen LogP contribution in [0.15, 0.2) is 79.3 Å². The molecule has 4 aromatic rings. The van der Waals surface area contributed by atoms with E-state index in [-0.39, 0.29) is 22.8 Å². The Labute approximate surface area is 208 Å². The highest BCUT2D eigenvalue weighted by Gasteiger charge is 2.51. The van der Waals surface area contributed by atoms with E-state index in [0.717, 1.165) is 31.1 Å². The summed E-state index contributed by atoms with van der Waals surface area (Å²) in [7, 11) is -2.59. The molecule has 1 N–H and O–H groups in total. The van der Waals surface area contributed by atoms with Crippen molar-refractivity contribution in [3.05, 3.63) is 84.9 Å². The summed E-state index contributed by atoms with van der Waals surface area (Å²) in [6, 6.07) is 23.4. The number of nitrogens with one attached hydrogen (secondary N) is 1. The summed E-state index contributed by atoms with van der Waals surface area (Å²) in [5.41, 5.74) is 1.25. The second-order valence-electron chi connectivity index (χ2n) is 10.6. The molecule has 2 heterocycles. The first-order chi connectivity index (χ1) is 16.9. The van der Waals surface area contributed by atoms with Crippen molar-refractivity contribution in [2.24, 2.45) is 5.92 Å². The third kappa shape index (κ3) is 4.37. The van der Waals surface area contributed by atoms with E-state index in [1.54, 1.807) is 0 Å². The van der Waals surface area contributed by atoms with Crippen LogP contribution in [-0.4, -0.2) is 35.2 Å². The molecule has 35 heavy (non-hydrogen) atoms. The minimum absolute atomic E-state index is 0.0259. The van der Waals surface area contributed by atoms with Gasteiger partial charge in [-0.25, -0.2) is 9.97 Å². The number of aromatic nitrogens is 3. The van der Waals surface area contributed by atoms with Gasteiger partial charge in [0.05, 0.1) is 0 Å². The third-order valence-corrected chi connectivity index (χ3v) is 12.5. The quantitative estimate of drug-likeness (QED) is 0.299. The number of fused-ring (bicyclic) bond motifs is 1. The first-order valence-electron chi connectivity index (χ1n) is 12.5. The topological polar surface area (TPSA) is 67.9 Å². The molecule has 0 bridgehead atoms. The lowest BCUT2D eigenvalue weighted by Gasteiger charge is -2.46. The van der Waals surface area contributed by atoms with Crippen LogP contribution >= 0.6 is 0 Å². The van der Waals surface area contributed by atoms with Crippen LogP contribution in [0.2, 0.25) is 5.04 Å². The van der Waals surface area contributed by atoms with Gasteiger partial charge in [-0.15, -0.1) is 0 Å². The van der Waals surface area contributed by atoms with E-state index in [4.69, 9.17) is 4.43 Å². The van der Waals surface area contributed by atoms with Gasteiger partial charge in [0.2, 0.25) is 0 Å². The highest BCUT2D eigenvalue weighted by atomic mass is 28.4. The van der Waals surface area contributed by atoms with Gasteiger partial charge in [-0.3, -0.25) is 4.79 Å². The zero-order valence-corrected chi connectivity index (χ0v) is 21.7. The van der Waals surface area contributed by atoms with Gasteiger partial charge in [-0.05, 0) is 47.2 Å². The number of Topliss-reactive ketones (excluding diaryl/α,β-unsaturated/α-hetero) is 1. The molecule has 0 atom stereocenters. The van der Waals surface area contributed by atoms with Crippen molar-refractivity contribution in [3.63, 3.8) is 0 Å². The lowest BCUT2D eigenvalue weighted by molar-refractivity contribution is 0.0789. The van der Waals surface area contributed by atoms with Crippen molar-refractivity contribution in [3.8, 4) is 0 Å². The van der Waals surface area contributed by atoms with Crippen LogP contribution in [0.5, 0.6) is 0 Å². The minimum Gasteiger partial charge on any atom is -0.404 e. The number of carbonyl (C=O) groups is 1. The van der Waals surface area contributed by atoms with Gasteiger partial charge in [0.1, 0.15) is 17.7 Å². The number of hydrogen-bond acceptors (Lipinski definition) is 4. The van der Waals surface area contributed by atoms with Crippen molar-refractivity contribution in [2.75, 3.05) is 0 Å². The molecule has 5 rings (SSSR count). The first kappa shape index (κ1) is 23.6. The van der Waals surface area contributed by atoms with Crippen LogP contribution in [0, 0.1) is 5.92 Å². The maximum Gasteiger partial charge on any atom is 0.261 e. The highest BCUT2D eigenvalue weighted by Crippen LogP contribution is 2.40. The molecule has 1 aliphatic rings. The Bertz CT molecular complexity index is 1250. The molecular formula is C29H33N3O2Si. The number of H-pyrrole nitrogens is 1. The second kappa shape index (κ2) is 9.51. The summed E-state index contributed by atoms with van der Waals surface area (Å²) < 4.78 is 7.30. The molecule has 0 amide bonds. The number of nitrogens with zero attached hydrogens (tertiary/aromatic N) is 2. The third-order valence-electron chi connectivity index (χ3n) is 7.39. The molecule has 0 saturated heterocycles. The smallest absolute Gasteiger partial charge is 0.261 e. The summed E-state index contributed by atoms with van der Waals surface area (Å²) in [5, 5.41) is 3.35. The highest BCUT2D eigenvalue weighted by molar-refractivity contribution is 6.99. The number of hydrogen-bond donors (Lipinski definition) is 1. The van der Waals surface area contributed by atoms with Crippen LogP contribution in [0.1, 0.15) is 56.9 Å². The van der Waals surface area contributed by atoms with Gasteiger partial charge in [0, 0.05) is 23.6 Å². The SMILES string of the molecule is CC(C)(C)[Si](O[C@H]1CC[C@H](C(=O)c2ncnc3[nH]ccc23)CC1)(c1ccccc1)c1ccccc1. The molecule has 1 fully saturated rings. The fourth-order valence-corrected chi connectivity index (χ4v) is 10.4. The Kier molecular flexibility index (Phi) is 6.43. The van der Waals surface area contributed by atoms with Gasteiger partial charge in [-0.2, -0.15) is 0 Å². The van der Waals surface area contributed by atoms with Crippen molar-refractivity contribution < 1.29 is 9.22 Å². The molecule has 0 radical (unpaired) electrons. The van der Waals surface area contributed by atoms with Crippen LogP contribution in [-0.2, 0) is 4.43 Å². The molecule has 2 aromatic heterocycles. The van der Waals surface area contributed by atoms with E-state index in [0.29, 0.717) is 11.3 Å². The molecule has 0 spiro atoms. The fourth-order valence-electron chi connectivity index (χ4n) is 5.65. The maximum atomic E-state index is 13.4. The van der Waals surface area contributed by atoms with E-state index in [9.17, 15) is 4.79 Å². The Balaban J connectivity index is 1.40. The van der Waals surface area contributed by atoms with Crippen molar-refractivity contribution in [1.29, 1.82) is 0 Å². The van der Waals surface area contributed by atoms with E-state index >= 15 is 0 Å². The number of carbonyl (C=O) groups excluding carboxylic acids is 1. The monoisotopic (exact) mass is 483 g/mol. The number of rotatable bonds is 6. The number of benzene rings is 2. The molecule has 0 unspecified atom stereocenters. The predicted octanol–water partition coefficient (Wildman–Crippen LogP) is 5.28. The summed E-state index contributed by atoms with van der Waals surface area (Å²) in [4.78, 5) is 25.0. The molecule has 6 heteroatoms. The minimum atomic E-state index is -2.59. The fraction of sp³-hybridized carbons (Fsp3) is 0.345. The zero-order chi connectivity index (χ0) is 24.5. The van der Waals surface area contributed by atoms with Crippen LogP contribution in [0.3, 0.4) is 0 Å². The van der Waals surface area contributed by atoms with Gasteiger partial charge < -0.3 is 9.41 Å². The van der Waals surface area contributed by atoms with Crippen molar-refractivity contribution in [1.82, 2.24) is 15.0 Å². The molecular weight excluding hydrogens is 450 g/mol. The van der Waals surface area contributed by atoms with E-state index in [1.165, 1.54) is 16.7 Å². The predicted molar refractivity (Wildman–Crippen MR) is 143 cm³/mol.